The molecule has 1 aromatic carbocycles. The van der Waals surface area contributed by atoms with Crippen LogP contribution in [0.1, 0.15) is 17.3 Å². The molecule has 0 radical (unpaired) electrons. The van der Waals surface area contributed by atoms with Gasteiger partial charge in [0.2, 0.25) is 0 Å². The lowest BCUT2D eigenvalue weighted by Crippen LogP contribution is -1.91. The first-order chi connectivity index (χ1) is 7.25. The molecule has 0 fully saturated rings. The number of nitrogens with zero attached hydrogens (tertiary/aromatic N) is 1. The first-order valence-corrected chi connectivity index (χ1v) is 4.53. The van der Waals surface area contributed by atoms with Gasteiger partial charge in [-0.2, -0.15) is 5.10 Å². The van der Waals surface area contributed by atoms with Crippen molar-refractivity contribution in [3.05, 3.63) is 42.2 Å². The van der Waals surface area contributed by atoms with E-state index in [0.29, 0.717) is 17.1 Å². The third-order valence-corrected chi connectivity index (χ3v) is 1.97. The number of nitrogens with one attached hydrogen (secondary N) is 1. The third kappa shape index (κ3) is 2.22. The number of Topliss-reactive ketones (excluding diaryl/α,β-unsaturated/α-hetero) is 1. The molecule has 0 saturated heterocycles. The fourth-order valence-corrected chi connectivity index (χ4v) is 1.19. The van der Waals surface area contributed by atoms with Gasteiger partial charge >= 0.3 is 0 Å². The second-order valence-electron chi connectivity index (χ2n) is 3.12. The van der Waals surface area contributed by atoms with Gasteiger partial charge in [-0.3, -0.25) is 9.89 Å². The van der Waals surface area contributed by atoms with Crippen molar-refractivity contribution in [3.8, 4) is 11.5 Å². The van der Waals surface area contributed by atoms with Crippen molar-refractivity contribution in [3.63, 3.8) is 0 Å². The maximum absolute atomic E-state index is 11.0. The van der Waals surface area contributed by atoms with Gasteiger partial charge in [0.15, 0.2) is 11.5 Å². The Morgan fingerprint density at radius 3 is 2.53 bits per heavy atom. The van der Waals surface area contributed by atoms with Crippen molar-refractivity contribution in [1.29, 1.82) is 0 Å². The largest absolute Gasteiger partial charge is 0.454 e. The van der Waals surface area contributed by atoms with Crippen LogP contribution in [-0.4, -0.2) is 16.0 Å². The van der Waals surface area contributed by atoms with Crippen LogP contribution in [0.4, 0.5) is 0 Å². The lowest BCUT2D eigenvalue weighted by Gasteiger charge is -2.02. The molecular weight excluding hydrogens is 192 g/mol. The SMILES string of the molecule is CC(=O)c1ccc(Oc2cn[nH]c2)cc1. The fourth-order valence-electron chi connectivity index (χ4n) is 1.19. The van der Waals surface area contributed by atoms with E-state index in [4.69, 9.17) is 4.74 Å². The summed E-state index contributed by atoms with van der Waals surface area (Å²) in [5, 5.41) is 6.41. The highest BCUT2D eigenvalue weighted by Gasteiger charge is 2.00. The van der Waals surface area contributed by atoms with E-state index in [-0.39, 0.29) is 5.78 Å². The summed E-state index contributed by atoms with van der Waals surface area (Å²) >= 11 is 0. The predicted molar refractivity (Wildman–Crippen MR) is 55.1 cm³/mol. The summed E-state index contributed by atoms with van der Waals surface area (Å²) in [6.45, 7) is 1.53. The number of rotatable bonds is 3. The van der Waals surface area contributed by atoms with Crippen molar-refractivity contribution in [2.75, 3.05) is 0 Å². The first-order valence-electron chi connectivity index (χ1n) is 4.53. The lowest BCUT2D eigenvalue weighted by atomic mass is 10.1. The molecule has 1 aromatic heterocycles. The van der Waals surface area contributed by atoms with Crippen LogP contribution in [0.3, 0.4) is 0 Å². The standard InChI is InChI=1S/C11H10N2O2/c1-8(14)9-2-4-10(5-3-9)15-11-6-12-13-7-11/h2-7H,1H3,(H,12,13). The van der Waals surface area contributed by atoms with E-state index in [2.05, 4.69) is 10.2 Å². The normalized spacial score (nSPS) is 9.93. The van der Waals surface area contributed by atoms with Crippen LogP contribution < -0.4 is 4.74 Å². The van der Waals surface area contributed by atoms with Crippen LogP contribution >= 0.6 is 0 Å². The maximum Gasteiger partial charge on any atom is 0.165 e. The lowest BCUT2D eigenvalue weighted by molar-refractivity contribution is 0.101. The van der Waals surface area contributed by atoms with Gasteiger partial charge in [0, 0.05) is 5.56 Å². The summed E-state index contributed by atoms with van der Waals surface area (Å²) in [4.78, 5) is 11.0. The van der Waals surface area contributed by atoms with E-state index >= 15 is 0 Å². The highest BCUT2D eigenvalue weighted by molar-refractivity contribution is 5.94. The number of aromatic amines is 1. The zero-order valence-corrected chi connectivity index (χ0v) is 8.23. The summed E-state index contributed by atoms with van der Waals surface area (Å²) in [7, 11) is 0. The minimum atomic E-state index is 0.0462. The topological polar surface area (TPSA) is 55.0 Å². The summed E-state index contributed by atoms with van der Waals surface area (Å²) in [6.07, 6.45) is 3.23. The molecule has 1 N–H and O–H groups in total. The summed E-state index contributed by atoms with van der Waals surface area (Å²) < 4.78 is 5.45. The number of hydrogen-bond donors (Lipinski definition) is 1. The molecule has 0 spiro atoms. The number of carbonyl (C=O) groups excluding carboxylic acids is 1. The van der Waals surface area contributed by atoms with E-state index in [0.717, 1.165) is 0 Å². The highest BCUT2D eigenvalue weighted by Crippen LogP contribution is 2.20. The van der Waals surface area contributed by atoms with E-state index in [1.165, 1.54) is 6.92 Å². The minimum Gasteiger partial charge on any atom is -0.454 e. The van der Waals surface area contributed by atoms with Gasteiger partial charge in [-0.25, -0.2) is 0 Å². The number of ether oxygens (including phenoxy) is 1. The summed E-state index contributed by atoms with van der Waals surface area (Å²) in [5.41, 5.74) is 0.676. The van der Waals surface area contributed by atoms with Crippen molar-refractivity contribution in [2.45, 2.75) is 6.92 Å². The molecule has 15 heavy (non-hydrogen) atoms. The molecule has 0 aliphatic heterocycles. The molecule has 2 rings (SSSR count). The molecule has 0 amide bonds. The van der Waals surface area contributed by atoms with Gasteiger partial charge in [-0.1, -0.05) is 0 Å². The Hall–Kier alpha value is -2.10. The minimum absolute atomic E-state index is 0.0462. The maximum atomic E-state index is 11.0. The molecule has 0 bridgehead atoms. The van der Waals surface area contributed by atoms with Gasteiger partial charge in [0.25, 0.3) is 0 Å². The Morgan fingerprint density at radius 1 is 1.27 bits per heavy atom. The van der Waals surface area contributed by atoms with Crippen molar-refractivity contribution in [1.82, 2.24) is 10.2 Å². The van der Waals surface area contributed by atoms with Crippen LogP contribution in [0.2, 0.25) is 0 Å². The van der Waals surface area contributed by atoms with E-state index in [1.54, 1.807) is 36.7 Å². The molecule has 4 heteroatoms. The van der Waals surface area contributed by atoms with Crippen molar-refractivity contribution in [2.24, 2.45) is 0 Å². The molecule has 2 aromatic rings. The Labute approximate surface area is 86.9 Å². The predicted octanol–water partition coefficient (Wildman–Crippen LogP) is 2.40. The van der Waals surface area contributed by atoms with Gasteiger partial charge in [0.1, 0.15) is 5.75 Å². The van der Waals surface area contributed by atoms with Crippen molar-refractivity contribution < 1.29 is 9.53 Å². The monoisotopic (exact) mass is 202 g/mol. The van der Waals surface area contributed by atoms with Gasteiger partial charge < -0.3 is 4.74 Å². The number of H-pyrrole nitrogens is 1. The smallest absolute Gasteiger partial charge is 0.165 e. The number of hydrogen-bond acceptors (Lipinski definition) is 3. The van der Waals surface area contributed by atoms with Crippen LogP contribution in [-0.2, 0) is 0 Å². The molecule has 1 heterocycles. The molecule has 76 valence electrons. The second-order valence-corrected chi connectivity index (χ2v) is 3.12. The quantitative estimate of drug-likeness (QED) is 0.777. The fraction of sp³-hybridized carbons (Fsp3) is 0.0909. The molecule has 4 nitrogen and oxygen atoms in total. The van der Waals surface area contributed by atoms with Crippen LogP contribution in [0.25, 0.3) is 0 Å². The molecule has 0 aliphatic rings. The molecule has 0 atom stereocenters. The van der Waals surface area contributed by atoms with E-state index in [1.807, 2.05) is 0 Å². The van der Waals surface area contributed by atoms with Crippen molar-refractivity contribution >= 4 is 5.78 Å². The van der Waals surface area contributed by atoms with E-state index < -0.39 is 0 Å². The average Bonchev–Trinajstić information content (AvgIpc) is 2.71. The van der Waals surface area contributed by atoms with Gasteiger partial charge in [0.05, 0.1) is 12.4 Å². The third-order valence-electron chi connectivity index (χ3n) is 1.97. The number of ketones is 1. The Balaban J connectivity index is 2.14. The molecule has 0 saturated carbocycles. The molecule has 0 aliphatic carbocycles. The Morgan fingerprint density at radius 2 is 2.00 bits per heavy atom. The van der Waals surface area contributed by atoms with Crippen LogP contribution in [0.15, 0.2) is 36.7 Å². The zero-order chi connectivity index (χ0) is 10.7. The highest BCUT2D eigenvalue weighted by atomic mass is 16.5. The summed E-state index contributed by atoms with van der Waals surface area (Å²) in [6, 6.07) is 6.98. The second kappa shape index (κ2) is 3.96. The zero-order valence-electron chi connectivity index (χ0n) is 8.23. The molecular formula is C11H10N2O2. The molecule has 0 unspecified atom stereocenters. The van der Waals surface area contributed by atoms with Crippen LogP contribution in [0, 0.1) is 0 Å². The first kappa shape index (κ1) is 9.45. The number of benzene rings is 1. The number of carbonyl (C=O) groups is 1. The van der Waals surface area contributed by atoms with E-state index in [9.17, 15) is 4.79 Å². The summed E-state index contributed by atoms with van der Waals surface area (Å²) in [5.74, 6) is 1.37. The average molecular weight is 202 g/mol. The van der Waals surface area contributed by atoms with Gasteiger partial charge in [-0.05, 0) is 31.2 Å². The number of aromatic nitrogens is 2. The van der Waals surface area contributed by atoms with Crippen LogP contribution in [0.5, 0.6) is 11.5 Å². The Bertz CT molecular complexity index is 446. The van der Waals surface area contributed by atoms with Gasteiger partial charge in [-0.15, -0.1) is 0 Å². The Kier molecular flexibility index (Phi) is 2.49.